The van der Waals surface area contributed by atoms with E-state index in [0.29, 0.717) is 29.7 Å². The standard InChI is InChI=1S/C20H22O5/c1-3-14-16-12(6-13(9-21)18(14)23)8-20(24)15(16)7-11-5-4-10(2)17(22)19(11)25-20/h4-6,15,21-24H,3,7-9H2,1-2H3. The van der Waals surface area contributed by atoms with Crippen LogP contribution >= 0.6 is 0 Å². The molecule has 0 bridgehead atoms. The molecule has 0 amide bonds. The van der Waals surface area contributed by atoms with Crippen LogP contribution in [0.25, 0.3) is 0 Å². The third-order valence-electron chi connectivity index (χ3n) is 5.59. The van der Waals surface area contributed by atoms with E-state index >= 15 is 0 Å². The van der Waals surface area contributed by atoms with Crippen molar-refractivity contribution in [2.24, 2.45) is 0 Å². The van der Waals surface area contributed by atoms with Crippen LogP contribution in [0.5, 0.6) is 17.2 Å². The Morgan fingerprint density at radius 1 is 1.20 bits per heavy atom. The van der Waals surface area contributed by atoms with E-state index in [1.807, 2.05) is 19.1 Å². The summed E-state index contributed by atoms with van der Waals surface area (Å²) in [5, 5.41) is 41.5. The van der Waals surface area contributed by atoms with Crippen LogP contribution in [0.2, 0.25) is 0 Å². The van der Waals surface area contributed by atoms with Gasteiger partial charge >= 0.3 is 0 Å². The van der Waals surface area contributed by atoms with Crippen LogP contribution in [-0.2, 0) is 25.9 Å². The fourth-order valence-corrected chi connectivity index (χ4v) is 4.30. The molecule has 0 saturated heterocycles. The van der Waals surface area contributed by atoms with Crippen molar-refractivity contribution < 1.29 is 25.2 Å². The molecule has 2 aromatic rings. The van der Waals surface area contributed by atoms with Crippen LogP contribution in [0.1, 0.15) is 46.2 Å². The first-order valence-electron chi connectivity index (χ1n) is 8.59. The fraction of sp³-hybridized carbons (Fsp3) is 0.400. The molecule has 1 aliphatic heterocycles. The van der Waals surface area contributed by atoms with E-state index in [9.17, 15) is 20.4 Å². The van der Waals surface area contributed by atoms with Gasteiger partial charge in [0, 0.05) is 12.0 Å². The second-order valence-electron chi connectivity index (χ2n) is 7.05. The Labute approximate surface area is 146 Å². The summed E-state index contributed by atoms with van der Waals surface area (Å²) in [5.41, 5.74) is 4.56. The number of ether oxygens (including phenoxy) is 1. The Morgan fingerprint density at radius 2 is 1.96 bits per heavy atom. The highest BCUT2D eigenvalue weighted by molar-refractivity contribution is 5.59. The number of benzene rings is 2. The zero-order valence-corrected chi connectivity index (χ0v) is 14.3. The van der Waals surface area contributed by atoms with E-state index in [4.69, 9.17) is 4.74 Å². The molecule has 2 aromatic carbocycles. The number of fused-ring (bicyclic) bond motifs is 4. The molecule has 25 heavy (non-hydrogen) atoms. The molecular weight excluding hydrogens is 320 g/mol. The van der Waals surface area contributed by atoms with Crippen molar-refractivity contribution >= 4 is 0 Å². The summed E-state index contributed by atoms with van der Waals surface area (Å²) in [6.45, 7) is 3.48. The lowest BCUT2D eigenvalue weighted by Gasteiger charge is -2.37. The largest absolute Gasteiger partial charge is 0.507 e. The molecule has 2 unspecified atom stereocenters. The number of phenols is 2. The SMILES string of the molecule is CCc1c(O)c(CO)cc2c1C1Cc3ccc(C)c(O)c3OC1(O)C2. The highest BCUT2D eigenvalue weighted by Gasteiger charge is 2.52. The van der Waals surface area contributed by atoms with Crippen LogP contribution in [0.3, 0.4) is 0 Å². The van der Waals surface area contributed by atoms with Gasteiger partial charge < -0.3 is 25.2 Å². The minimum Gasteiger partial charge on any atom is -0.507 e. The molecule has 0 aromatic heterocycles. The average molecular weight is 342 g/mol. The highest BCUT2D eigenvalue weighted by atomic mass is 16.6. The molecule has 2 aliphatic rings. The monoisotopic (exact) mass is 342 g/mol. The number of phenolic OH excluding ortho intramolecular Hbond substituents is 1. The Morgan fingerprint density at radius 3 is 2.64 bits per heavy atom. The minimum atomic E-state index is -1.45. The lowest BCUT2D eigenvalue weighted by molar-refractivity contribution is -0.156. The van der Waals surface area contributed by atoms with Crippen molar-refractivity contribution in [1.82, 2.24) is 0 Å². The lowest BCUT2D eigenvalue weighted by atomic mass is 9.83. The van der Waals surface area contributed by atoms with Gasteiger partial charge in [0.25, 0.3) is 0 Å². The van der Waals surface area contributed by atoms with E-state index in [2.05, 4.69) is 0 Å². The molecule has 4 N–H and O–H groups in total. The number of aromatic hydroxyl groups is 2. The molecule has 5 nitrogen and oxygen atoms in total. The number of aliphatic hydroxyl groups excluding tert-OH is 1. The molecule has 1 heterocycles. The maximum absolute atomic E-state index is 11.2. The van der Waals surface area contributed by atoms with Crippen molar-refractivity contribution in [3.8, 4) is 17.2 Å². The number of aryl methyl sites for hydroxylation is 1. The average Bonchev–Trinajstić information content (AvgIpc) is 2.87. The summed E-state index contributed by atoms with van der Waals surface area (Å²) < 4.78 is 5.91. The van der Waals surface area contributed by atoms with E-state index in [-0.39, 0.29) is 30.4 Å². The van der Waals surface area contributed by atoms with Gasteiger partial charge in [0.05, 0.1) is 12.5 Å². The zero-order valence-electron chi connectivity index (χ0n) is 14.3. The van der Waals surface area contributed by atoms with Gasteiger partial charge in [-0.05, 0) is 53.6 Å². The maximum atomic E-state index is 11.2. The maximum Gasteiger partial charge on any atom is 0.219 e. The first-order valence-corrected chi connectivity index (χ1v) is 8.59. The van der Waals surface area contributed by atoms with Crippen molar-refractivity contribution in [3.05, 3.63) is 51.6 Å². The summed E-state index contributed by atoms with van der Waals surface area (Å²) in [4.78, 5) is 0. The number of hydrogen-bond acceptors (Lipinski definition) is 5. The Hall–Kier alpha value is -2.24. The Bertz CT molecular complexity index is 873. The van der Waals surface area contributed by atoms with Gasteiger partial charge in [0.2, 0.25) is 5.79 Å². The quantitative estimate of drug-likeness (QED) is 0.673. The van der Waals surface area contributed by atoms with Crippen LogP contribution in [0, 0.1) is 6.92 Å². The molecule has 132 valence electrons. The summed E-state index contributed by atoms with van der Waals surface area (Å²) in [6.07, 6.45) is 1.39. The third-order valence-corrected chi connectivity index (χ3v) is 5.59. The van der Waals surface area contributed by atoms with Gasteiger partial charge in [-0.2, -0.15) is 0 Å². The normalized spacial score (nSPS) is 23.6. The van der Waals surface area contributed by atoms with Gasteiger partial charge in [-0.15, -0.1) is 0 Å². The molecule has 4 rings (SSSR count). The second kappa shape index (κ2) is 5.38. The van der Waals surface area contributed by atoms with Gasteiger partial charge in [-0.3, -0.25) is 0 Å². The van der Waals surface area contributed by atoms with Gasteiger partial charge in [0.15, 0.2) is 11.5 Å². The van der Waals surface area contributed by atoms with Crippen molar-refractivity contribution in [2.45, 2.75) is 51.4 Å². The van der Waals surface area contributed by atoms with Crippen LogP contribution in [-0.4, -0.2) is 26.2 Å². The summed E-state index contributed by atoms with van der Waals surface area (Å²) in [6, 6.07) is 5.50. The van der Waals surface area contributed by atoms with Crippen molar-refractivity contribution in [3.63, 3.8) is 0 Å². The summed E-state index contributed by atoms with van der Waals surface area (Å²) >= 11 is 0. The molecule has 0 radical (unpaired) electrons. The molecule has 0 fully saturated rings. The summed E-state index contributed by atoms with van der Waals surface area (Å²) in [7, 11) is 0. The molecule has 0 spiro atoms. The second-order valence-corrected chi connectivity index (χ2v) is 7.05. The minimum absolute atomic E-state index is 0.0648. The predicted octanol–water partition coefficient (Wildman–Crippen LogP) is 2.42. The first-order chi connectivity index (χ1) is 11.9. The molecule has 0 saturated carbocycles. The van der Waals surface area contributed by atoms with Crippen LogP contribution < -0.4 is 4.74 Å². The third kappa shape index (κ3) is 2.16. The first kappa shape index (κ1) is 16.2. The van der Waals surface area contributed by atoms with Gasteiger partial charge in [-0.25, -0.2) is 0 Å². The Kier molecular flexibility index (Phi) is 3.49. The van der Waals surface area contributed by atoms with E-state index < -0.39 is 5.79 Å². The summed E-state index contributed by atoms with van der Waals surface area (Å²) in [5.74, 6) is -1.26. The Balaban J connectivity index is 1.89. The molecular formula is C20H22O5. The van der Waals surface area contributed by atoms with Crippen LogP contribution in [0.4, 0.5) is 0 Å². The predicted molar refractivity (Wildman–Crippen MR) is 92.0 cm³/mol. The van der Waals surface area contributed by atoms with Crippen molar-refractivity contribution in [1.29, 1.82) is 0 Å². The fourth-order valence-electron chi connectivity index (χ4n) is 4.30. The van der Waals surface area contributed by atoms with E-state index in [0.717, 1.165) is 22.3 Å². The number of rotatable bonds is 2. The smallest absolute Gasteiger partial charge is 0.219 e. The molecule has 2 atom stereocenters. The lowest BCUT2D eigenvalue weighted by Crippen LogP contribution is -2.44. The van der Waals surface area contributed by atoms with Crippen molar-refractivity contribution in [2.75, 3.05) is 0 Å². The van der Waals surface area contributed by atoms with Crippen LogP contribution in [0.15, 0.2) is 18.2 Å². The van der Waals surface area contributed by atoms with E-state index in [1.54, 1.807) is 13.0 Å². The zero-order chi connectivity index (χ0) is 17.9. The highest BCUT2D eigenvalue weighted by Crippen LogP contribution is 2.53. The van der Waals surface area contributed by atoms with Gasteiger partial charge in [0.1, 0.15) is 5.75 Å². The van der Waals surface area contributed by atoms with E-state index in [1.165, 1.54) is 0 Å². The number of aliphatic hydroxyl groups is 2. The number of hydrogen-bond donors (Lipinski definition) is 4. The van der Waals surface area contributed by atoms with Gasteiger partial charge in [-0.1, -0.05) is 19.1 Å². The molecule has 1 aliphatic carbocycles. The molecule has 5 heteroatoms. The topological polar surface area (TPSA) is 90.2 Å².